The molecule has 1 N–H and O–H groups in total. The van der Waals surface area contributed by atoms with E-state index in [4.69, 9.17) is 23.7 Å². The molecule has 0 spiro atoms. The second kappa shape index (κ2) is 17.8. The quantitative estimate of drug-likeness (QED) is 0.140. The first-order valence-corrected chi connectivity index (χ1v) is 14.6. The average molecular weight is 572 g/mol. The van der Waals surface area contributed by atoms with Crippen LogP contribution < -0.4 is 5.32 Å². The van der Waals surface area contributed by atoms with Crippen molar-refractivity contribution in [3.8, 4) is 0 Å². The number of nitrogens with one attached hydrogen (secondary N) is 1. The number of esters is 3. The van der Waals surface area contributed by atoms with E-state index in [1.807, 2.05) is 0 Å². The van der Waals surface area contributed by atoms with Crippen LogP contribution in [0.4, 0.5) is 9.59 Å². The zero-order chi connectivity index (χ0) is 28.6. The SMILES string of the molecule is C/C(CCSC(=O)OCOC(=O)C1CCCCC1)=C(\NC(=O)OCOC(=O)C1CCCCC1)C(=O)OC(C)C. The van der Waals surface area contributed by atoms with Crippen molar-refractivity contribution in [2.75, 3.05) is 19.3 Å². The molecule has 0 aromatic carbocycles. The Morgan fingerprint density at radius 2 is 1.28 bits per heavy atom. The molecule has 0 radical (unpaired) electrons. The van der Waals surface area contributed by atoms with E-state index in [2.05, 4.69) is 5.32 Å². The minimum atomic E-state index is -0.978. The molecule has 0 heterocycles. The molecule has 39 heavy (non-hydrogen) atoms. The third-order valence-electron chi connectivity index (χ3n) is 6.54. The number of ether oxygens (including phenoxy) is 5. The van der Waals surface area contributed by atoms with Gasteiger partial charge in [0.2, 0.25) is 13.6 Å². The van der Waals surface area contributed by atoms with Crippen molar-refractivity contribution in [2.45, 2.75) is 97.5 Å². The van der Waals surface area contributed by atoms with E-state index in [0.717, 1.165) is 76.0 Å². The largest absolute Gasteiger partial charge is 0.458 e. The van der Waals surface area contributed by atoms with Gasteiger partial charge in [-0.15, -0.1) is 0 Å². The van der Waals surface area contributed by atoms with E-state index in [1.54, 1.807) is 20.8 Å². The number of thioether (sulfide) groups is 1. The lowest BCUT2D eigenvalue weighted by atomic mass is 9.89. The minimum Gasteiger partial charge on any atom is -0.458 e. The average Bonchev–Trinajstić information content (AvgIpc) is 2.92. The van der Waals surface area contributed by atoms with Gasteiger partial charge in [-0.1, -0.05) is 38.5 Å². The molecule has 0 bridgehead atoms. The Morgan fingerprint density at radius 1 is 0.769 bits per heavy atom. The van der Waals surface area contributed by atoms with Crippen LogP contribution in [0.25, 0.3) is 0 Å². The number of rotatable bonds is 12. The van der Waals surface area contributed by atoms with Gasteiger partial charge in [-0.05, 0) is 70.2 Å². The van der Waals surface area contributed by atoms with Gasteiger partial charge in [-0.3, -0.25) is 14.9 Å². The van der Waals surface area contributed by atoms with Gasteiger partial charge in [0.25, 0.3) is 0 Å². The third kappa shape index (κ3) is 12.8. The number of carbonyl (C=O) groups is 5. The Hall–Kier alpha value is -2.76. The summed E-state index contributed by atoms with van der Waals surface area (Å²) in [5.41, 5.74) is 0.323. The Labute approximate surface area is 234 Å². The van der Waals surface area contributed by atoms with Gasteiger partial charge in [0.05, 0.1) is 17.9 Å². The summed E-state index contributed by atoms with van der Waals surface area (Å²) in [4.78, 5) is 61.0. The standard InChI is InChI=1S/C27H41NO10S/c1-18(2)38-25(31)22(28-26(32)36-16-34-23(29)20-10-6-4-7-11-20)19(3)14-15-39-27(33)37-17-35-24(30)21-12-8-5-9-13-21/h18,20-21H,4-17H2,1-3H3,(H,28,32)/b22-19+. The topological polar surface area (TPSA) is 144 Å². The summed E-state index contributed by atoms with van der Waals surface area (Å²) >= 11 is 0.844. The second-order valence-corrected chi connectivity index (χ2v) is 11.0. The van der Waals surface area contributed by atoms with Crippen LogP contribution in [0.1, 0.15) is 91.4 Å². The Balaban J connectivity index is 1.77. The van der Waals surface area contributed by atoms with Gasteiger partial charge in [-0.2, -0.15) is 0 Å². The van der Waals surface area contributed by atoms with Crippen molar-refractivity contribution in [2.24, 2.45) is 11.8 Å². The van der Waals surface area contributed by atoms with Crippen molar-refractivity contribution in [1.29, 1.82) is 0 Å². The lowest BCUT2D eigenvalue weighted by molar-refractivity contribution is -0.158. The van der Waals surface area contributed by atoms with Crippen LogP contribution in [-0.4, -0.2) is 54.7 Å². The summed E-state index contributed by atoms with van der Waals surface area (Å²) in [5.74, 6) is -1.60. The number of amides is 1. The van der Waals surface area contributed by atoms with Crippen LogP contribution >= 0.6 is 11.8 Å². The van der Waals surface area contributed by atoms with Crippen molar-refractivity contribution >= 4 is 41.1 Å². The molecule has 12 heteroatoms. The zero-order valence-electron chi connectivity index (χ0n) is 23.1. The molecule has 0 aliphatic heterocycles. The highest BCUT2D eigenvalue weighted by molar-refractivity contribution is 8.13. The normalized spacial score (nSPS) is 17.0. The van der Waals surface area contributed by atoms with Crippen LogP contribution in [0.3, 0.4) is 0 Å². The molecule has 2 saturated carbocycles. The molecule has 2 fully saturated rings. The summed E-state index contributed by atoms with van der Waals surface area (Å²) in [7, 11) is 0. The number of hydrogen-bond acceptors (Lipinski definition) is 11. The third-order valence-corrected chi connectivity index (χ3v) is 7.31. The van der Waals surface area contributed by atoms with E-state index in [-0.39, 0.29) is 35.7 Å². The fraction of sp³-hybridized carbons (Fsp3) is 0.741. The predicted octanol–water partition coefficient (Wildman–Crippen LogP) is 5.36. The number of allylic oxidation sites excluding steroid dienone is 1. The molecular weight excluding hydrogens is 530 g/mol. The van der Waals surface area contributed by atoms with Crippen LogP contribution in [0, 0.1) is 11.8 Å². The van der Waals surface area contributed by atoms with Crippen LogP contribution in [-0.2, 0) is 38.1 Å². The molecule has 2 rings (SSSR count). The highest BCUT2D eigenvalue weighted by Gasteiger charge is 2.25. The summed E-state index contributed by atoms with van der Waals surface area (Å²) in [6, 6.07) is 0. The van der Waals surface area contributed by atoms with Gasteiger partial charge < -0.3 is 23.7 Å². The van der Waals surface area contributed by atoms with Gasteiger partial charge >= 0.3 is 29.3 Å². The van der Waals surface area contributed by atoms with Gasteiger partial charge in [0.15, 0.2) is 0 Å². The molecule has 1 amide bonds. The monoisotopic (exact) mass is 571 g/mol. The summed E-state index contributed by atoms with van der Waals surface area (Å²) in [6.45, 7) is 3.93. The molecular formula is C27H41NO10S. The minimum absolute atomic E-state index is 0.123. The van der Waals surface area contributed by atoms with Crippen molar-refractivity contribution in [3.63, 3.8) is 0 Å². The molecule has 2 aliphatic carbocycles. The summed E-state index contributed by atoms with van der Waals surface area (Å²) < 4.78 is 25.2. The molecule has 0 aromatic rings. The first kappa shape index (κ1) is 32.5. The number of alkyl carbamates (subject to hydrolysis) is 1. The van der Waals surface area contributed by atoms with E-state index in [0.29, 0.717) is 5.57 Å². The van der Waals surface area contributed by atoms with Crippen LogP contribution in [0.5, 0.6) is 0 Å². The molecule has 11 nitrogen and oxygen atoms in total. The maximum absolute atomic E-state index is 12.6. The molecule has 2 aliphatic rings. The Morgan fingerprint density at radius 3 is 1.79 bits per heavy atom. The summed E-state index contributed by atoms with van der Waals surface area (Å²) in [6.07, 6.45) is 8.07. The first-order valence-electron chi connectivity index (χ1n) is 13.6. The van der Waals surface area contributed by atoms with E-state index < -0.39 is 43.0 Å². The summed E-state index contributed by atoms with van der Waals surface area (Å²) in [5, 5.41) is 1.73. The highest BCUT2D eigenvalue weighted by Crippen LogP contribution is 2.25. The second-order valence-electron chi connectivity index (χ2n) is 9.99. The lowest BCUT2D eigenvalue weighted by Gasteiger charge is -2.20. The van der Waals surface area contributed by atoms with E-state index in [9.17, 15) is 24.0 Å². The van der Waals surface area contributed by atoms with Gasteiger partial charge in [-0.25, -0.2) is 14.4 Å². The molecule has 0 unspecified atom stereocenters. The Bertz CT molecular complexity index is 876. The van der Waals surface area contributed by atoms with E-state index >= 15 is 0 Å². The molecule has 0 aromatic heterocycles. The van der Waals surface area contributed by atoms with Crippen molar-refractivity contribution < 1.29 is 47.7 Å². The maximum atomic E-state index is 12.6. The number of hydrogen-bond donors (Lipinski definition) is 1. The fourth-order valence-electron chi connectivity index (χ4n) is 4.39. The fourth-order valence-corrected chi connectivity index (χ4v) is 5.09. The predicted molar refractivity (Wildman–Crippen MR) is 142 cm³/mol. The van der Waals surface area contributed by atoms with Crippen LogP contribution in [0.2, 0.25) is 0 Å². The molecule has 220 valence electrons. The highest BCUT2D eigenvalue weighted by atomic mass is 32.2. The molecule has 0 atom stereocenters. The van der Waals surface area contributed by atoms with Gasteiger partial charge in [0, 0.05) is 5.75 Å². The Kier molecular flexibility index (Phi) is 14.8. The first-order chi connectivity index (χ1) is 18.7. The zero-order valence-corrected chi connectivity index (χ0v) is 23.9. The van der Waals surface area contributed by atoms with Gasteiger partial charge in [0.1, 0.15) is 5.70 Å². The number of carbonyl (C=O) groups excluding carboxylic acids is 5. The van der Waals surface area contributed by atoms with Crippen molar-refractivity contribution in [1.82, 2.24) is 5.32 Å². The smallest absolute Gasteiger partial charge is 0.414 e. The maximum Gasteiger partial charge on any atom is 0.414 e. The van der Waals surface area contributed by atoms with Crippen molar-refractivity contribution in [3.05, 3.63) is 11.3 Å². The lowest BCUT2D eigenvalue weighted by Crippen LogP contribution is -2.32. The molecule has 0 saturated heterocycles. The van der Waals surface area contributed by atoms with Crippen LogP contribution in [0.15, 0.2) is 11.3 Å². The van der Waals surface area contributed by atoms with E-state index in [1.165, 1.54) is 0 Å².